The molecule has 2 aromatic rings. The van der Waals surface area contributed by atoms with E-state index in [1.807, 2.05) is 24.3 Å². The van der Waals surface area contributed by atoms with Crippen molar-refractivity contribution in [1.29, 1.82) is 0 Å². The van der Waals surface area contributed by atoms with Crippen LogP contribution in [0.1, 0.15) is 53.4 Å². The summed E-state index contributed by atoms with van der Waals surface area (Å²) in [5.41, 5.74) is 1.57. The highest BCUT2D eigenvalue weighted by Gasteiger charge is 2.26. The fourth-order valence-electron chi connectivity index (χ4n) is 3.06. The number of hydrogen-bond acceptors (Lipinski definition) is 3. The van der Waals surface area contributed by atoms with E-state index in [0.29, 0.717) is 18.7 Å². The molecule has 120 valence electrons. The van der Waals surface area contributed by atoms with Gasteiger partial charge in [0, 0.05) is 18.4 Å². The van der Waals surface area contributed by atoms with Crippen LogP contribution < -0.4 is 5.32 Å². The maximum absolute atomic E-state index is 12.2. The Kier molecular flexibility index (Phi) is 4.59. The average Bonchev–Trinajstić information content (AvgIpc) is 2.75. The summed E-state index contributed by atoms with van der Waals surface area (Å²) < 4.78 is 5.64. The first-order valence-electron chi connectivity index (χ1n) is 7.80. The van der Waals surface area contributed by atoms with Crippen molar-refractivity contribution in [2.45, 2.75) is 59.4 Å². The molecule has 1 aromatic carbocycles. The molecule has 0 bridgehead atoms. The lowest BCUT2D eigenvalue weighted by Gasteiger charge is -2.33. The Morgan fingerprint density at radius 1 is 1.18 bits per heavy atom. The Bertz CT molecular complexity index is 617. The molecule has 0 fully saturated rings. The number of benzene rings is 1. The van der Waals surface area contributed by atoms with Crippen molar-refractivity contribution in [2.75, 3.05) is 0 Å². The lowest BCUT2D eigenvalue weighted by molar-refractivity contribution is -0.123. The van der Waals surface area contributed by atoms with E-state index in [1.165, 1.54) is 0 Å². The first kappa shape index (κ1) is 16.5. The largest absolute Gasteiger partial charge is 0.441 e. The Labute approximate surface area is 132 Å². The van der Waals surface area contributed by atoms with Crippen molar-refractivity contribution in [1.82, 2.24) is 10.3 Å². The fraction of sp³-hybridized carbons (Fsp3) is 0.556. The number of aryl methyl sites for hydroxylation is 1. The Morgan fingerprint density at radius 2 is 1.86 bits per heavy atom. The van der Waals surface area contributed by atoms with Gasteiger partial charge >= 0.3 is 0 Å². The SMILES string of the molecule is CC(C)(C)CC(C)(C)NC(=O)CCc1nc2ccccc2o1. The van der Waals surface area contributed by atoms with Gasteiger partial charge in [-0.25, -0.2) is 4.98 Å². The van der Waals surface area contributed by atoms with Crippen molar-refractivity contribution in [3.63, 3.8) is 0 Å². The molecule has 0 aliphatic rings. The number of carbonyl (C=O) groups is 1. The average molecular weight is 302 g/mol. The van der Waals surface area contributed by atoms with E-state index in [0.717, 1.165) is 17.5 Å². The predicted octanol–water partition coefficient (Wildman–Crippen LogP) is 4.09. The monoisotopic (exact) mass is 302 g/mol. The molecule has 0 aliphatic carbocycles. The molecule has 0 atom stereocenters. The Balaban J connectivity index is 1.89. The second-order valence-electron chi connectivity index (χ2n) is 7.74. The quantitative estimate of drug-likeness (QED) is 0.905. The zero-order valence-electron chi connectivity index (χ0n) is 14.2. The van der Waals surface area contributed by atoms with Gasteiger partial charge in [-0.1, -0.05) is 32.9 Å². The van der Waals surface area contributed by atoms with Crippen LogP contribution in [0, 0.1) is 5.41 Å². The van der Waals surface area contributed by atoms with Crippen LogP contribution in [-0.2, 0) is 11.2 Å². The summed E-state index contributed by atoms with van der Waals surface area (Å²) in [6, 6.07) is 7.64. The minimum atomic E-state index is -0.212. The number of hydrogen-bond donors (Lipinski definition) is 1. The molecule has 1 amide bonds. The van der Waals surface area contributed by atoms with Crippen LogP contribution in [0.4, 0.5) is 0 Å². The molecule has 2 rings (SSSR count). The van der Waals surface area contributed by atoms with Gasteiger partial charge in [0.25, 0.3) is 0 Å². The van der Waals surface area contributed by atoms with E-state index in [-0.39, 0.29) is 16.9 Å². The zero-order valence-corrected chi connectivity index (χ0v) is 14.2. The molecule has 4 nitrogen and oxygen atoms in total. The third-order valence-corrected chi connectivity index (χ3v) is 3.35. The van der Waals surface area contributed by atoms with Gasteiger partial charge in [-0.3, -0.25) is 4.79 Å². The van der Waals surface area contributed by atoms with Crippen molar-refractivity contribution >= 4 is 17.0 Å². The van der Waals surface area contributed by atoms with E-state index in [2.05, 4.69) is 44.9 Å². The number of fused-ring (bicyclic) bond motifs is 1. The number of para-hydroxylation sites is 2. The first-order chi connectivity index (χ1) is 10.1. The lowest BCUT2D eigenvalue weighted by atomic mass is 9.82. The van der Waals surface area contributed by atoms with Crippen molar-refractivity contribution in [3.8, 4) is 0 Å². The van der Waals surface area contributed by atoms with Crippen molar-refractivity contribution < 1.29 is 9.21 Å². The summed E-state index contributed by atoms with van der Waals surface area (Å²) in [6.45, 7) is 10.7. The third-order valence-electron chi connectivity index (χ3n) is 3.35. The van der Waals surface area contributed by atoms with E-state index in [9.17, 15) is 4.79 Å². The third kappa shape index (κ3) is 4.86. The van der Waals surface area contributed by atoms with E-state index in [1.54, 1.807) is 0 Å². The van der Waals surface area contributed by atoms with Crippen LogP contribution in [-0.4, -0.2) is 16.4 Å². The molecule has 4 heteroatoms. The van der Waals surface area contributed by atoms with Gasteiger partial charge in [0.1, 0.15) is 5.52 Å². The van der Waals surface area contributed by atoms with Crippen molar-refractivity contribution in [3.05, 3.63) is 30.2 Å². The number of carbonyl (C=O) groups excluding carboxylic acids is 1. The van der Waals surface area contributed by atoms with Gasteiger partial charge in [0.2, 0.25) is 5.91 Å². The topological polar surface area (TPSA) is 55.1 Å². The van der Waals surface area contributed by atoms with Gasteiger partial charge in [0.15, 0.2) is 11.5 Å². The zero-order chi connectivity index (χ0) is 16.4. The van der Waals surface area contributed by atoms with Crippen LogP contribution in [0.5, 0.6) is 0 Å². The van der Waals surface area contributed by atoms with Crippen LogP contribution in [0.15, 0.2) is 28.7 Å². The second kappa shape index (κ2) is 6.11. The van der Waals surface area contributed by atoms with Crippen LogP contribution in [0.3, 0.4) is 0 Å². The number of nitrogens with one attached hydrogen (secondary N) is 1. The van der Waals surface area contributed by atoms with Crippen LogP contribution in [0.25, 0.3) is 11.1 Å². The molecule has 0 saturated heterocycles. The molecular formula is C18H26N2O2. The number of rotatable bonds is 5. The Morgan fingerprint density at radius 3 is 2.50 bits per heavy atom. The van der Waals surface area contributed by atoms with Crippen LogP contribution >= 0.6 is 0 Å². The van der Waals surface area contributed by atoms with Gasteiger partial charge in [-0.2, -0.15) is 0 Å². The normalized spacial score (nSPS) is 12.6. The molecule has 22 heavy (non-hydrogen) atoms. The van der Waals surface area contributed by atoms with Gasteiger partial charge in [-0.15, -0.1) is 0 Å². The molecule has 1 N–H and O–H groups in total. The summed E-state index contributed by atoms with van der Waals surface area (Å²) in [6.07, 6.45) is 1.83. The highest BCUT2D eigenvalue weighted by molar-refractivity contribution is 5.77. The fourth-order valence-corrected chi connectivity index (χ4v) is 3.06. The molecule has 0 radical (unpaired) electrons. The summed E-state index contributed by atoms with van der Waals surface area (Å²) in [4.78, 5) is 16.5. The number of amides is 1. The predicted molar refractivity (Wildman–Crippen MR) is 88.6 cm³/mol. The van der Waals surface area contributed by atoms with Gasteiger partial charge in [-0.05, 0) is 37.8 Å². The molecule has 1 heterocycles. The van der Waals surface area contributed by atoms with E-state index in [4.69, 9.17) is 4.42 Å². The molecule has 1 aromatic heterocycles. The highest BCUT2D eigenvalue weighted by Crippen LogP contribution is 2.26. The second-order valence-corrected chi connectivity index (χ2v) is 7.74. The molecule has 0 spiro atoms. The Hall–Kier alpha value is -1.84. The first-order valence-corrected chi connectivity index (χ1v) is 7.80. The molecule has 0 unspecified atom stereocenters. The maximum Gasteiger partial charge on any atom is 0.220 e. The van der Waals surface area contributed by atoms with Gasteiger partial charge in [0.05, 0.1) is 0 Å². The summed E-state index contributed by atoms with van der Waals surface area (Å²) in [5.74, 6) is 0.654. The smallest absolute Gasteiger partial charge is 0.220 e. The molecule has 0 saturated carbocycles. The number of oxazole rings is 1. The standard InChI is InChI=1S/C18H26N2O2/c1-17(2,3)12-18(4,5)20-15(21)10-11-16-19-13-8-6-7-9-14(13)22-16/h6-9H,10-12H2,1-5H3,(H,20,21). The van der Waals surface area contributed by atoms with E-state index < -0.39 is 0 Å². The minimum absolute atomic E-state index is 0.0384. The van der Waals surface area contributed by atoms with Crippen LogP contribution in [0.2, 0.25) is 0 Å². The number of aromatic nitrogens is 1. The van der Waals surface area contributed by atoms with Crippen molar-refractivity contribution in [2.24, 2.45) is 5.41 Å². The highest BCUT2D eigenvalue weighted by atomic mass is 16.3. The summed E-state index contributed by atoms with van der Waals surface area (Å²) in [5, 5.41) is 3.11. The minimum Gasteiger partial charge on any atom is -0.441 e. The maximum atomic E-state index is 12.2. The van der Waals surface area contributed by atoms with Gasteiger partial charge < -0.3 is 9.73 Å². The number of nitrogens with zero attached hydrogens (tertiary/aromatic N) is 1. The summed E-state index contributed by atoms with van der Waals surface area (Å²) in [7, 11) is 0. The van der Waals surface area contributed by atoms with E-state index >= 15 is 0 Å². The molecular weight excluding hydrogens is 276 g/mol. The lowest BCUT2D eigenvalue weighted by Crippen LogP contribution is -2.45. The molecule has 0 aliphatic heterocycles. The summed E-state index contributed by atoms with van der Waals surface area (Å²) >= 11 is 0.